The van der Waals surface area contributed by atoms with Gasteiger partial charge in [0.2, 0.25) is 0 Å². The maximum Gasteiger partial charge on any atom is 0.258 e. The van der Waals surface area contributed by atoms with E-state index >= 15 is 0 Å². The minimum Gasteiger partial charge on any atom is -0.376 e. The minimum atomic E-state index is -2.36. The van der Waals surface area contributed by atoms with Gasteiger partial charge in [0.1, 0.15) is 0 Å². The topological polar surface area (TPSA) is 24.9 Å². The number of alkyl halides is 2. The number of halogens is 2. The van der Waals surface area contributed by atoms with Crippen LogP contribution in [0.2, 0.25) is 0 Å². The first-order chi connectivity index (χ1) is 5.70. The van der Waals surface area contributed by atoms with Crippen LogP contribution in [0.4, 0.5) is 14.5 Å². The lowest BCUT2D eigenvalue weighted by molar-refractivity contribution is 0.130. The second kappa shape index (κ2) is 3.99. The number of nitrogens with one attached hydrogen (secondary N) is 1. The van der Waals surface area contributed by atoms with E-state index in [1.54, 1.807) is 18.3 Å². The van der Waals surface area contributed by atoms with Crippen molar-refractivity contribution in [3.05, 3.63) is 24.5 Å². The molecule has 1 heterocycles. The quantitative estimate of drug-likeness (QED) is 0.755. The number of aromatic nitrogens is 1. The second-order valence-electron chi connectivity index (χ2n) is 2.51. The van der Waals surface area contributed by atoms with Crippen LogP contribution in [-0.2, 0) is 0 Å². The van der Waals surface area contributed by atoms with Gasteiger partial charge in [0.25, 0.3) is 6.43 Å². The van der Waals surface area contributed by atoms with Crippen LogP contribution >= 0.6 is 0 Å². The summed E-state index contributed by atoms with van der Waals surface area (Å²) in [5.74, 6) is 0. The molecule has 0 aliphatic carbocycles. The molecule has 1 unspecified atom stereocenters. The van der Waals surface area contributed by atoms with Gasteiger partial charge >= 0.3 is 0 Å². The zero-order valence-electron chi connectivity index (χ0n) is 6.67. The molecule has 1 aromatic rings. The fraction of sp³-hybridized carbons (Fsp3) is 0.375. The zero-order valence-corrected chi connectivity index (χ0v) is 6.67. The first-order valence-corrected chi connectivity index (χ1v) is 3.65. The highest BCUT2D eigenvalue weighted by Crippen LogP contribution is 2.09. The Kier molecular flexibility index (Phi) is 2.96. The van der Waals surface area contributed by atoms with Crippen LogP contribution < -0.4 is 5.32 Å². The van der Waals surface area contributed by atoms with E-state index in [0.717, 1.165) is 0 Å². The molecular weight excluding hydrogens is 162 g/mol. The summed E-state index contributed by atoms with van der Waals surface area (Å²) >= 11 is 0. The van der Waals surface area contributed by atoms with Crippen LogP contribution in [-0.4, -0.2) is 17.5 Å². The van der Waals surface area contributed by atoms with E-state index in [4.69, 9.17) is 0 Å². The molecule has 0 saturated carbocycles. The van der Waals surface area contributed by atoms with E-state index in [1.165, 1.54) is 13.1 Å². The van der Waals surface area contributed by atoms with E-state index in [9.17, 15) is 8.78 Å². The van der Waals surface area contributed by atoms with Gasteiger partial charge in [-0.3, -0.25) is 4.98 Å². The van der Waals surface area contributed by atoms with Crippen molar-refractivity contribution in [3.63, 3.8) is 0 Å². The molecule has 0 aliphatic rings. The van der Waals surface area contributed by atoms with E-state index in [0.29, 0.717) is 5.69 Å². The highest BCUT2D eigenvalue weighted by molar-refractivity contribution is 5.40. The molecule has 0 spiro atoms. The molecular formula is C8H10F2N2. The number of rotatable bonds is 3. The summed E-state index contributed by atoms with van der Waals surface area (Å²) in [6, 6.07) is 2.56. The maximum atomic E-state index is 12.0. The Morgan fingerprint density at radius 3 is 2.75 bits per heavy atom. The predicted octanol–water partition coefficient (Wildman–Crippen LogP) is 2.15. The molecule has 1 aromatic heterocycles. The van der Waals surface area contributed by atoms with Crippen molar-refractivity contribution in [2.45, 2.75) is 19.4 Å². The lowest BCUT2D eigenvalue weighted by Gasteiger charge is -2.12. The Morgan fingerprint density at radius 1 is 1.50 bits per heavy atom. The van der Waals surface area contributed by atoms with Crippen LogP contribution in [0, 0.1) is 0 Å². The second-order valence-corrected chi connectivity index (χ2v) is 2.51. The number of pyridine rings is 1. The predicted molar refractivity (Wildman–Crippen MR) is 43.3 cm³/mol. The number of hydrogen-bond donors (Lipinski definition) is 1. The monoisotopic (exact) mass is 172 g/mol. The van der Waals surface area contributed by atoms with E-state index in [-0.39, 0.29) is 0 Å². The molecule has 0 radical (unpaired) electrons. The first-order valence-electron chi connectivity index (χ1n) is 3.65. The van der Waals surface area contributed by atoms with Crippen molar-refractivity contribution >= 4 is 5.69 Å². The smallest absolute Gasteiger partial charge is 0.258 e. The van der Waals surface area contributed by atoms with E-state index in [1.807, 2.05) is 0 Å². The number of nitrogens with zero attached hydrogens (tertiary/aromatic N) is 1. The lowest BCUT2D eigenvalue weighted by Crippen LogP contribution is -2.23. The third-order valence-corrected chi connectivity index (χ3v) is 1.43. The highest BCUT2D eigenvalue weighted by Gasteiger charge is 2.13. The third-order valence-electron chi connectivity index (χ3n) is 1.43. The van der Waals surface area contributed by atoms with Crippen molar-refractivity contribution in [1.29, 1.82) is 0 Å². The average molecular weight is 172 g/mol. The fourth-order valence-electron chi connectivity index (χ4n) is 0.774. The SMILES string of the molecule is CC(Nc1cccnc1)C(F)F. The summed E-state index contributed by atoms with van der Waals surface area (Å²) in [6.45, 7) is 1.43. The van der Waals surface area contributed by atoms with E-state index in [2.05, 4.69) is 10.3 Å². The molecule has 4 heteroatoms. The minimum absolute atomic E-state index is 0.616. The molecule has 12 heavy (non-hydrogen) atoms. The van der Waals surface area contributed by atoms with Crippen LogP contribution in [0.25, 0.3) is 0 Å². The first kappa shape index (κ1) is 8.90. The molecule has 0 aromatic carbocycles. The maximum absolute atomic E-state index is 12.0. The third kappa shape index (κ3) is 2.45. The van der Waals surface area contributed by atoms with Crippen molar-refractivity contribution in [2.24, 2.45) is 0 Å². The molecule has 2 nitrogen and oxygen atoms in total. The van der Waals surface area contributed by atoms with Crippen LogP contribution in [0.15, 0.2) is 24.5 Å². The Morgan fingerprint density at radius 2 is 2.25 bits per heavy atom. The standard InChI is InChI=1S/C8H10F2N2/c1-6(8(9)10)12-7-3-2-4-11-5-7/h2-6,8,12H,1H3. The fourth-order valence-corrected chi connectivity index (χ4v) is 0.774. The van der Waals surface area contributed by atoms with Crippen molar-refractivity contribution in [1.82, 2.24) is 4.98 Å². The van der Waals surface area contributed by atoms with Crippen LogP contribution in [0.5, 0.6) is 0 Å². The molecule has 1 N–H and O–H groups in total. The average Bonchev–Trinajstić information content (AvgIpc) is 2.06. The van der Waals surface area contributed by atoms with E-state index < -0.39 is 12.5 Å². The molecule has 1 atom stereocenters. The van der Waals surface area contributed by atoms with Gasteiger partial charge in [0, 0.05) is 12.4 Å². The van der Waals surface area contributed by atoms with Crippen molar-refractivity contribution < 1.29 is 8.78 Å². The molecule has 0 saturated heterocycles. The highest BCUT2D eigenvalue weighted by atomic mass is 19.3. The van der Waals surface area contributed by atoms with Crippen molar-refractivity contribution in [2.75, 3.05) is 5.32 Å². The largest absolute Gasteiger partial charge is 0.376 e. The van der Waals surface area contributed by atoms with Gasteiger partial charge < -0.3 is 5.32 Å². The summed E-state index contributed by atoms with van der Waals surface area (Å²) in [6.07, 6.45) is 0.752. The van der Waals surface area contributed by atoms with Gasteiger partial charge in [-0.05, 0) is 19.1 Å². The zero-order chi connectivity index (χ0) is 8.97. The number of anilines is 1. The van der Waals surface area contributed by atoms with Gasteiger partial charge in [-0.15, -0.1) is 0 Å². The van der Waals surface area contributed by atoms with Crippen molar-refractivity contribution in [3.8, 4) is 0 Å². The molecule has 0 bridgehead atoms. The Hall–Kier alpha value is -1.19. The van der Waals surface area contributed by atoms with Gasteiger partial charge in [-0.25, -0.2) is 8.78 Å². The summed E-state index contributed by atoms with van der Waals surface area (Å²) in [7, 11) is 0. The van der Waals surface area contributed by atoms with Crippen LogP contribution in [0.1, 0.15) is 6.92 Å². The Balaban J connectivity index is 2.53. The van der Waals surface area contributed by atoms with Gasteiger partial charge in [-0.2, -0.15) is 0 Å². The lowest BCUT2D eigenvalue weighted by atomic mass is 10.3. The number of hydrogen-bond acceptors (Lipinski definition) is 2. The summed E-state index contributed by atoms with van der Waals surface area (Å²) in [5.41, 5.74) is 0.616. The Labute approximate surface area is 69.6 Å². The van der Waals surface area contributed by atoms with Crippen LogP contribution in [0.3, 0.4) is 0 Å². The van der Waals surface area contributed by atoms with Gasteiger partial charge in [-0.1, -0.05) is 0 Å². The molecule has 0 amide bonds. The molecule has 0 fully saturated rings. The summed E-state index contributed by atoms with van der Waals surface area (Å²) < 4.78 is 24.1. The van der Waals surface area contributed by atoms with Gasteiger partial charge in [0.05, 0.1) is 11.7 Å². The molecule has 1 rings (SSSR count). The van der Waals surface area contributed by atoms with Gasteiger partial charge in [0.15, 0.2) is 0 Å². The summed E-state index contributed by atoms with van der Waals surface area (Å²) in [4.78, 5) is 3.79. The molecule has 0 aliphatic heterocycles. The Bertz CT molecular complexity index is 226. The normalized spacial score (nSPS) is 13.0. The molecule has 66 valence electrons. The summed E-state index contributed by atoms with van der Waals surface area (Å²) in [5, 5.41) is 2.63.